The first kappa shape index (κ1) is 25.7. The summed E-state index contributed by atoms with van der Waals surface area (Å²) in [6.45, 7) is 11.5. The van der Waals surface area contributed by atoms with Crippen LogP contribution in [0.3, 0.4) is 0 Å². The average molecular weight is 520 g/mol. The lowest BCUT2D eigenvalue weighted by Gasteiger charge is -2.38. The van der Waals surface area contributed by atoms with Crippen molar-refractivity contribution in [2.75, 3.05) is 24.5 Å². The largest absolute Gasteiger partial charge is 0.444 e. The zero-order chi connectivity index (χ0) is 27.0. The standard InChI is InChI=1S/C26H33N9O3/c1-16(34-11-5-6-19(34)13-27)21(28-25(37)38-26(2,3)4)15-33-14-20-12-22(33)24(36)35(20)18-9-7-17(8-10-18)23-29-31-32-30-23/h7-10,19-22H,1,5-6,11-12,14-15H2,2-4H3,(H,28,37)(H,29,30,31,32)/t19?,20-,21?,22?/m0/s1. The molecule has 2 N–H and O–H groups in total. The summed E-state index contributed by atoms with van der Waals surface area (Å²) in [4.78, 5) is 32.1. The molecule has 2 aromatic rings. The number of likely N-dealkylation sites (tertiary alicyclic amines) is 2. The van der Waals surface area contributed by atoms with Crippen LogP contribution in [-0.2, 0) is 9.53 Å². The number of amides is 2. The molecule has 2 amide bonds. The summed E-state index contributed by atoms with van der Waals surface area (Å²) < 4.78 is 5.51. The number of carbonyl (C=O) groups is 2. The number of nitrogens with zero attached hydrogens (tertiary/aromatic N) is 7. The number of hydrogen-bond donors (Lipinski definition) is 2. The van der Waals surface area contributed by atoms with Crippen LogP contribution in [0.2, 0.25) is 0 Å². The maximum absolute atomic E-state index is 13.5. The number of rotatable bonds is 7. The molecule has 200 valence electrons. The van der Waals surface area contributed by atoms with Gasteiger partial charge in [-0.3, -0.25) is 9.69 Å². The number of aromatic nitrogens is 4. The molecule has 3 saturated heterocycles. The maximum Gasteiger partial charge on any atom is 0.408 e. The van der Waals surface area contributed by atoms with E-state index in [1.807, 2.05) is 54.8 Å². The van der Waals surface area contributed by atoms with E-state index in [-0.39, 0.29) is 24.0 Å². The third-order valence-electron chi connectivity index (χ3n) is 7.30. The highest BCUT2D eigenvalue weighted by Crippen LogP contribution is 2.37. The molecule has 0 radical (unpaired) electrons. The predicted molar refractivity (Wildman–Crippen MR) is 139 cm³/mol. The van der Waals surface area contributed by atoms with Crippen LogP contribution in [0.25, 0.3) is 11.4 Å². The van der Waals surface area contributed by atoms with Crippen molar-refractivity contribution in [3.63, 3.8) is 0 Å². The topological polar surface area (TPSA) is 143 Å². The lowest BCUT2D eigenvalue weighted by atomic mass is 10.1. The van der Waals surface area contributed by atoms with Crippen LogP contribution in [-0.4, -0.2) is 91.8 Å². The molecule has 4 heterocycles. The SMILES string of the molecule is C=C(C(CN1C[C@@H]2CC1C(=O)N2c1ccc(-c2nn[nH]n2)cc1)NC(=O)OC(C)(C)C)N1CCCC1C#N. The summed E-state index contributed by atoms with van der Waals surface area (Å²) in [5.41, 5.74) is 1.66. The summed E-state index contributed by atoms with van der Waals surface area (Å²) in [6, 6.07) is 8.87. The van der Waals surface area contributed by atoms with Crippen LogP contribution in [0, 0.1) is 11.3 Å². The molecule has 0 spiro atoms. The number of aromatic amines is 1. The monoisotopic (exact) mass is 519 g/mol. The van der Waals surface area contributed by atoms with Crippen molar-refractivity contribution >= 4 is 17.7 Å². The number of nitrogens with one attached hydrogen (secondary N) is 2. The Balaban J connectivity index is 1.29. The number of benzene rings is 1. The van der Waals surface area contributed by atoms with E-state index >= 15 is 0 Å². The van der Waals surface area contributed by atoms with Gasteiger partial charge in [0.1, 0.15) is 11.6 Å². The quantitative estimate of drug-likeness (QED) is 0.562. The summed E-state index contributed by atoms with van der Waals surface area (Å²) in [7, 11) is 0. The summed E-state index contributed by atoms with van der Waals surface area (Å²) in [5, 5.41) is 26.6. The molecular formula is C26H33N9O3. The second kappa shape index (κ2) is 10.1. The third kappa shape index (κ3) is 5.06. The molecule has 5 rings (SSSR count). The Kier molecular flexibility index (Phi) is 6.79. The minimum Gasteiger partial charge on any atom is -0.444 e. The van der Waals surface area contributed by atoms with Gasteiger partial charge in [-0.25, -0.2) is 4.79 Å². The lowest BCUT2D eigenvalue weighted by Crippen LogP contribution is -2.56. The predicted octanol–water partition coefficient (Wildman–Crippen LogP) is 2.05. The fraction of sp³-hybridized carbons (Fsp3) is 0.538. The molecule has 1 aromatic heterocycles. The molecule has 4 atom stereocenters. The number of alkyl carbamates (subject to hydrolysis) is 1. The number of anilines is 1. The Labute approximate surface area is 221 Å². The molecule has 1 aromatic carbocycles. The molecule has 3 aliphatic heterocycles. The Morgan fingerprint density at radius 1 is 1.34 bits per heavy atom. The van der Waals surface area contributed by atoms with Crippen LogP contribution in [0.1, 0.15) is 40.0 Å². The van der Waals surface area contributed by atoms with E-state index in [0.717, 1.165) is 24.1 Å². The molecule has 12 heteroatoms. The summed E-state index contributed by atoms with van der Waals surface area (Å²) >= 11 is 0. The Hall–Kier alpha value is -3.98. The molecule has 3 fully saturated rings. The van der Waals surface area contributed by atoms with Gasteiger partial charge in [0.2, 0.25) is 11.7 Å². The second-order valence-electron chi connectivity index (χ2n) is 11.0. The second-order valence-corrected chi connectivity index (χ2v) is 11.0. The van der Waals surface area contributed by atoms with Gasteiger partial charge in [0.05, 0.1) is 24.2 Å². The number of nitriles is 1. The third-order valence-corrected chi connectivity index (χ3v) is 7.30. The van der Waals surface area contributed by atoms with E-state index in [4.69, 9.17) is 4.74 Å². The Bertz CT molecular complexity index is 1230. The lowest BCUT2D eigenvalue weighted by molar-refractivity contribution is -0.122. The first-order chi connectivity index (χ1) is 18.1. The number of piperazine rings is 1. The van der Waals surface area contributed by atoms with Gasteiger partial charge < -0.3 is 19.9 Å². The van der Waals surface area contributed by atoms with Crippen molar-refractivity contribution < 1.29 is 14.3 Å². The highest BCUT2D eigenvalue weighted by molar-refractivity contribution is 6.01. The van der Waals surface area contributed by atoms with E-state index in [1.165, 1.54) is 0 Å². The Morgan fingerprint density at radius 3 is 2.74 bits per heavy atom. The highest BCUT2D eigenvalue weighted by atomic mass is 16.6. The minimum absolute atomic E-state index is 0.0256. The zero-order valence-electron chi connectivity index (χ0n) is 21.9. The van der Waals surface area contributed by atoms with Gasteiger partial charge in [-0.05, 0) is 69.5 Å². The van der Waals surface area contributed by atoms with Crippen LogP contribution in [0.4, 0.5) is 10.5 Å². The van der Waals surface area contributed by atoms with Crippen LogP contribution in [0.15, 0.2) is 36.5 Å². The van der Waals surface area contributed by atoms with Crippen molar-refractivity contribution in [3.05, 3.63) is 36.5 Å². The van der Waals surface area contributed by atoms with Gasteiger partial charge in [0.25, 0.3) is 0 Å². The van der Waals surface area contributed by atoms with Gasteiger partial charge in [-0.1, -0.05) is 6.58 Å². The van der Waals surface area contributed by atoms with Crippen molar-refractivity contribution in [1.82, 2.24) is 35.7 Å². The van der Waals surface area contributed by atoms with Gasteiger partial charge in [-0.2, -0.15) is 10.5 Å². The fourth-order valence-corrected chi connectivity index (χ4v) is 5.62. The molecule has 0 aliphatic carbocycles. The van der Waals surface area contributed by atoms with Gasteiger partial charge in [-0.15, -0.1) is 10.2 Å². The van der Waals surface area contributed by atoms with Gasteiger partial charge in [0.15, 0.2) is 0 Å². The van der Waals surface area contributed by atoms with E-state index in [9.17, 15) is 14.9 Å². The number of fused-ring (bicyclic) bond motifs is 2. The van der Waals surface area contributed by atoms with Crippen molar-refractivity contribution in [3.8, 4) is 17.5 Å². The van der Waals surface area contributed by atoms with E-state index < -0.39 is 17.7 Å². The molecule has 3 aliphatic rings. The van der Waals surface area contributed by atoms with E-state index in [1.54, 1.807) is 0 Å². The molecular weight excluding hydrogens is 486 g/mol. The smallest absolute Gasteiger partial charge is 0.408 e. The molecule has 38 heavy (non-hydrogen) atoms. The van der Waals surface area contributed by atoms with Crippen LogP contribution < -0.4 is 10.2 Å². The van der Waals surface area contributed by atoms with Gasteiger partial charge in [0, 0.05) is 36.6 Å². The minimum atomic E-state index is -0.652. The summed E-state index contributed by atoms with van der Waals surface area (Å²) in [5.74, 6) is 0.531. The van der Waals surface area contributed by atoms with Crippen LogP contribution in [0.5, 0.6) is 0 Å². The first-order valence-electron chi connectivity index (χ1n) is 12.9. The normalized spacial score (nSPS) is 23.9. The molecule has 2 bridgehead atoms. The van der Waals surface area contributed by atoms with E-state index in [0.29, 0.717) is 37.6 Å². The van der Waals surface area contributed by atoms with Crippen molar-refractivity contribution in [2.45, 2.75) is 69.8 Å². The molecule has 3 unspecified atom stereocenters. The number of ether oxygens (including phenoxy) is 1. The Morgan fingerprint density at radius 2 is 2.11 bits per heavy atom. The van der Waals surface area contributed by atoms with E-state index in [2.05, 4.69) is 43.5 Å². The fourth-order valence-electron chi connectivity index (χ4n) is 5.62. The number of H-pyrrole nitrogens is 1. The average Bonchev–Trinajstić information content (AvgIpc) is 3.66. The molecule has 12 nitrogen and oxygen atoms in total. The number of tetrazole rings is 1. The zero-order valence-corrected chi connectivity index (χ0v) is 21.9. The maximum atomic E-state index is 13.5. The summed E-state index contributed by atoms with van der Waals surface area (Å²) in [6.07, 6.45) is 1.82. The molecule has 0 saturated carbocycles. The van der Waals surface area contributed by atoms with Crippen LogP contribution >= 0.6 is 0 Å². The highest BCUT2D eigenvalue weighted by Gasteiger charge is 2.50. The number of hydrogen-bond acceptors (Lipinski definition) is 9. The van der Waals surface area contributed by atoms with Crippen molar-refractivity contribution in [2.24, 2.45) is 0 Å². The number of carbonyl (C=O) groups excluding carboxylic acids is 2. The van der Waals surface area contributed by atoms with Crippen molar-refractivity contribution in [1.29, 1.82) is 5.26 Å². The first-order valence-corrected chi connectivity index (χ1v) is 12.9. The van der Waals surface area contributed by atoms with Gasteiger partial charge >= 0.3 is 6.09 Å².